The second-order valence-electron chi connectivity index (χ2n) is 5.57. The average molecular weight is 415 g/mol. The van der Waals surface area contributed by atoms with Gasteiger partial charge in [0.2, 0.25) is 5.91 Å². The van der Waals surface area contributed by atoms with E-state index in [1.807, 2.05) is 60.7 Å². The SMILES string of the molecule is O=C(CSc1c(Cl)cccc1Cl)NN=C(c1ccccc1)c1ccccc1. The van der Waals surface area contributed by atoms with Crippen LogP contribution in [0.25, 0.3) is 0 Å². The molecule has 136 valence electrons. The highest BCUT2D eigenvalue weighted by Gasteiger charge is 2.11. The Kier molecular flexibility index (Phi) is 6.93. The summed E-state index contributed by atoms with van der Waals surface area (Å²) < 4.78 is 0. The van der Waals surface area contributed by atoms with Gasteiger partial charge in [0.05, 0.1) is 21.5 Å². The first kappa shape index (κ1) is 19.5. The van der Waals surface area contributed by atoms with E-state index in [2.05, 4.69) is 10.5 Å². The summed E-state index contributed by atoms with van der Waals surface area (Å²) in [5, 5.41) is 5.41. The maximum atomic E-state index is 12.3. The van der Waals surface area contributed by atoms with Crippen molar-refractivity contribution in [3.05, 3.63) is 100 Å². The molecule has 3 rings (SSSR count). The van der Waals surface area contributed by atoms with Gasteiger partial charge in [-0.1, -0.05) is 89.9 Å². The molecule has 0 unspecified atom stereocenters. The van der Waals surface area contributed by atoms with Gasteiger partial charge in [-0.15, -0.1) is 11.8 Å². The highest BCUT2D eigenvalue weighted by molar-refractivity contribution is 8.00. The molecule has 0 aliphatic carbocycles. The Morgan fingerprint density at radius 2 is 1.33 bits per heavy atom. The van der Waals surface area contributed by atoms with Crippen LogP contribution in [0.1, 0.15) is 11.1 Å². The van der Waals surface area contributed by atoms with Crippen LogP contribution in [0.2, 0.25) is 10.0 Å². The van der Waals surface area contributed by atoms with Crippen LogP contribution in [0.15, 0.2) is 88.9 Å². The Bertz CT molecular complexity index is 885. The monoisotopic (exact) mass is 414 g/mol. The van der Waals surface area contributed by atoms with Gasteiger partial charge in [-0.2, -0.15) is 5.10 Å². The van der Waals surface area contributed by atoms with E-state index in [4.69, 9.17) is 23.2 Å². The third kappa shape index (κ3) is 5.36. The Morgan fingerprint density at radius 3 is 1.85 bits per heavy atom. The smallest absolute Gasteiger partial charge is 0.250 e. The van der Waals surface area contributed by atoms with Crippen molar-refractivity contribution in [2.24, 2.45) is 5.10 Å². The second kappa shape index (κ2) is 9.60. The molecular formula is C21H16Cl2N2OS. The molecule has 1 amide bonds. The lowest BCUT2D eigenvalue weighted by atomic mass is 10.0. The van der Waals surface area contributed by atoms with Gasteiger partial charge in [0.1, 0.15) is 0 Å². The van der Waals surface area contributed by atoms with Gasteiger partial charge in [0, 0.05) is 16.0 Å². The summed E-state index contributed by atoms with van der Waals surface area (Å²) >= 11 is 13.6. The van der Waals surface area contributed by atoms with Crippen molar-refractivity contribution in [2.75, 3.05) is 5.75 Å². The van der Waals surface area contributed by atoms with Crippen LogP contribution >= 0.6 is 35.0 Å². The molecule has 27 heavy (non-hydrogen) atoms. The molecule has 3 nitrogen and oxygen atoms in total. The van der Waals surface area contributed by atoms with Crippen LogP contribution < -0.4 is 5.43 Å². The molecule has 0 aliphatic rings. The van der Waals surface area contributed by atoms with Crippen molar-refractivity contribution in [3.8, 4) is 0 Å². The Labute approximate surface area is 172 Å². The molecule has 0 aromatic heterocycles. The zero-order chi connectivity index (χ0) is 19.1. The van der Waals surface area contributed by atoms with Gasteiger partial charge in [0.25, 0.3) is 0 Å². The topological polar surface area (TPSA) is 41.5 Å². The number of nitrogens with one attached hydrogen (secondary N) is 1. The highest BCUT2D eigenvalue weighted by atomic mass is 35.5. The third-order valence-corrected chi connectivity index (χ3v) is 5.64. The fraction of sp³-hybridized carbons (Fsp3) is 0.0476. The van der Waals surface area contributed by atoms with E-state index < -0.39 is 0 Å². The fourth-order valence-corrected chi connectivity index (χ4v) is 3.87. The predicted octanol–water partition coefficient (Wildman–Crippen LogP) is 5.65. The number of hydrogen-bond donors (Lipinski definition) is 1. The molecule has 0 bridgehead atoms. The van der Waals surface area contributed by atoms with E-state index in [1.165, 1.54) is 11.8 Å². The first-order valence-electron chi connectivity index (χ1n) is 8.19. The van der Waals surface area contributed by atoms with Gasteiger partial charge in [-0.05, 0) is 12.1 Å². The number of benzene rings is 3. The van der Waals surface area contributed by atoms with Crippen LogP contribution in [-0.4, -0.2) is 17.4 Å². The van der Waals surface area contributed by atoms with E-state index in [-0.39, 0.29) is 11.7 Å². The summed E-state index contributed by atoms with van der Waals surface area (Å²) in [6, 6.07) is 24.7. The second-order valence-corrected chi connectivity index (χ2v) is 7.37. The van der Waals surface area contributed by atoms with Gasteiger partial charge in [0.15, 0.2) is 0 Å². The minimum atomic E-state index is -0.236. The van der Waals surface area contributed by atoms with Gasteiger partial charge < -0.3 is 0 Å². The normalized spacial score (nSPS) is 10.3. The molecule has 0 saturated heterocycles. The van der Waals surface area contributed by atoms with Crippen molar-refractivity contribution >= 4 is 46.6 Å². The summed E-state index contributed by atoms with van der Waals surface area (Å²) in [4.78, 5) is 13.0. The molecule has 0 spiro atoms. The van der Waals surface area contributed by atoms with Gasteiger partial charge in [-0.3, -0.25) is 4.79 Å². The van der Waals surface area contributed by atoms with E-state index in [0.717, 1.165) is 11.1 Å². The third-order valence-electron chi connectivity index (χ3n) is 3.65. The van der Waals surface area contributed by atoms with Crippen LogP contribution in [0.4, 0.5) is 0 Å². The average Bonchev–Trinajstić information content (AvgIpc) is 2.69. The molecular weight excluding hydrogens is 399 g/mol. The van der Waals surface area contributed by atoms with E-state index in [0.29, 0.717) is 20.7 Å². The maximum Gasteiger partial charge on any atom is 0.250 e. The predicted molar refractivity (Wildman–Crippen MR) is 114 cm³/mol. The summed E-state index contributed by atoms with van der Waals surface area (Å²) in [7, 11) is 0. The summed E-state index contributed by atoms with van der Waals surface area (Å²) in [6.45, 7) is 0. The van der Waals surface area contributed by atoms with Gasteiger partial charge >= 0.3 is 0 Å². The van der Waals surface area contributed by atoms with Crippen LogP contribution in [0.5, 0.6) is 0 Å². The van der Waals surface area contributed by atoms with Gasteiger partial charge in [-0.25, -0.2) is 5.43 Å². The van der Waals surface area contributed by atoms with E-state index in [1.54, 1.807) is 18.2 Å². The molecule has 0 radical (unpaired) electrons. The number of halogens is 2. The molecule has 3 aromatic carbocycles. The molecule has 0 atom stereocenters. The number of hydrazone groups is 1. The number of amides is 1. The molecule has 3 aromatic rings. The number of rotatable bonds is 6. The van der Waals surface area contributed by atoms with E-state index in [9.17, 15) is 4.79 Å². The van der Waals surface area contributed by atoms with Crippen molar-refractivity contribution in [1.29, 1.82) is 0 Å². The highest BCUT2D eigenvalue weighted by Crippen LogP contribution is 2.33. The standard InChI is InChI=1S/C21H16Cl2N2OS/c22-17-12-7-13-18(23)21(17)27-14-19(26)24-25-20(15-8-3-1-4-9-15)16-10-5-2-6-11-16/h1-13H,14H2,(H,24,26). The quantitative estimate of drug-likeness (QED) is 0.321. The first-order valence-corrected chi connectivity index (χ1v) is 9.93. The number of thioether (sulfide) groups is 1. The number of carbonyl (C=O) groups is 1. The van der Waals surface area contributed by atoms with Crippen molar-refractivity contribution < 1.29 is 4.79 Å². The van der Waals surface area contributed by atoms with Crippen LogP contribution in [0, 0.1) is 0 Å². The Morgan fingerprint density at radius 1 is 0.815 bits per heavy atom. The molecule has 1 N–H and O–H groups in total. The minimum absolute atomic E-state index is 0.157. The summed E-state index contributed by atoms with van der Waals surface area (Å²) in [6.07, 6.45) is 0. The van der Waals surface area contributed by atoms with Crippen LogP contribution in [0.3, 0.4) is 0 Å². The number of hydrogen-bond acceptors (Lipinski definition) is 3. The molecule has 0 saturated carbocycles. The molecule has 6 heteroatoms. The molecule has 0 fully saturated rings. The molecule has 0 aliphatic heterocycles. The van der Waals surface area contributed by atoms with Crippen molar-refractivity contribution in [3.63, 3.8) is 0 Å². The number of carbonyl (C=O) groups excluding carboxylic acids is 1. The van der Waals surface area contributed by atoms with Crippen LogP contribution in [-0.2, 0) is 4.79 Å². The fourth-order valence-electron chi connectivity index (χ4n) is 2.40. The summed E-state index contributed by atoms with van der Waals surface area (Å²) in [5.74, 6) is -0.0792. The number of nitrogens with zero attached hydrogens (tertiary/aromatic N) is 1. The zero-order valence-electron chi connectivity index (χ0n) is 14.2. The summed E-state index contributed by atoms with van der Waals surface area (Å²) in [5.41, 5.74) is 5.17. The molecule has 0 heterocycles. The van der Waals surface area contributed by atoms with Crippen molar-refractivity contribution in [2.45, 2.75) is 4.90 Å². The Balaban J connectivity index is 1.74. The van der Waals surface area contributed by atoms with E-state index >= 15 is 0 Å². The zero-order valence-corrected chi connectivity index (χ0v) is 16.6. The minimum Gasteiger partial charge on any atom is -0.272 e. The largest absolute Gasteiger partial charge is 0.272 e. The Hall–Kier alpha value is -2.27. The lowest BCUT2D eigenvalue weighted by Crippen LogP contribution is -2.22. The lowest BCUT2D eigenvalue weighted by Gasteiger charge is -2.09. The van der Waals surface area contributed by atoms with Crippen molar-refractivity contribution in [1.82, 2.24) is 5.43 Å². The lowest BCUT2D eigenvalue weighted by molar-refractivity contribution is -0.118. The maximum absolute atomic E-state index is 12.3. The first-order chi connectivity index (χ1) is 13.1.